The Morgan fingerprint density at radius 1 is 0.963 bits per heavy atom. The normalized spacial score (nSPS) is 29.9. The Kier molecular flexibility index (Phi) is 9.78. The minimum atomic E-state index is -0.852. The number of allylic oxidation sites excluding steroid dienone is 1. The van der Waals surface area contributed by atoms with Crippen LogP contribution >= 0.6 is 0 Å². The molecule has 3 unspecified atom stereocenters. The van der Waals surface area contributed by atoms with Crippen LogP contribution in [0.1, 0.15) is 91.9 Å². The third-order valence-electron chi connectivity index (χ3n) is 5.90. The summed E-state index contributed by atoms with van der Waals surface area (Å²) in [6.45, 7) is 10.8. The third-order valence-corrected chi connectivity index (χ3v) is 5.90. The number of hydrogen-bond donors (Lipinski definition) is 0. The van der Waals surface area contributed by atoms with E-state index in [2.05, 4.69) is 32.9 Å². The van der Waals surface area contributed by atoms with Gasteiger partial charge in [0, 0.05) is 12.3 Å². The summed E-state index contributed by atoms with van der Waals surface area (Å²) >= 11 is 0. The lowest BCUT2D eigenvalue weighted by molar-refractivity contribution is -0.455. The smallest absolute Gasteiger partial charge is 0.229 e. The fourth-order valence-electron chi connectivity index (χ4n) is 4.43. The molecule has 4 nitrogen and oxygen atoms in total. The molecule has 4 heteroatoms. The summed E-state index contributed by atoms with van der Waals surface area (Å²) in [6.07, 6.45) is 15.4. The Hall–Kier alpha value is -0.420. The van der Waals surface area contributed by atoms with Crippen LogP contribution in [0.15, 0.2) is 12.2 Å². The van der Waals surface area contributed by atoms with E-state index in [-0.39, 0.29) is 12.0 Å². The van der Waals surface area contributed by atoms with Crippen LogP contribution in [0.3, 0.4) is 0 Å². The lowest BCUT2D eigenvalue weighted by Gasteiger charge is -2.55. The molecule has 0 aromatic rings. The molecule has 27 heavy (non-hydrogen) atoms. The first-order chi connectivity index (χ1) is 13.1. The van der Waals surface area contributed by atoms with E-state index in [1.165, 1.54) is 32.1 Å². The van der Waals surface area contributed by atoms with Crippen LogP contribution in [-0.4, -0.2) is 37.5 Å². The van der Waals surface area contributed by atoms with Gasteiger partial charge in [-0.1, -0.05) is 65.0 Å². The van der Waals surface area contributed by atoms with Gasteiger partial charge in [-0.25, -0.2) is 0 Å². The molecule has 158 valence electrons. The van der Waals surface area contributed by atoms with E-state index in [4.69, 9.17) is 18.9 Å². The van der Waals surface area contributed by atoms with Crippen molar-refractivity contribution < 1.29 is 18.9 Å². The fraction of sp³-hybridized carbons (Fsp3) is 0.913. The van der Waals surface area contributed by atoms with E-state index in [9.17, 15) is 0 Å². The lowest BCUT2D eigenvalue weighted by Crippen LogP contribution is -2.67. The lowest BCUT2D eigenvalue weighted by atomic mass is 9.85. The summed E-state index contributed by atoms with van der Waals surface area (Å²) in [4.78, 5) is 0. The van der Waals surface area contributed by atoms with E-state index < -0.39 is 11.6 Å². The first-order valence-electron chi connectivity index (χ1n) is 11.4. The van der Waals surface area contributed by atoms with Crippen LogP contribution in [-0.2, 0) is 18.9 Å². The predicted octanol–water partition coefficient (Wildman–Crippen LogP) is 5.99. The SMILES string of the molecule is C/C=C\C(C)C1(C2(CCCCC)OCCC(CCCCC)O2)OCCCO1. The molecular formula is C23H42O4. The topological polar surface area (TPSA) is 36.9 Å². The average Bonchev–Trinajstić information content (AvgIpc) is 2.69. The third kappa shape index (κ3) is 5.56. The van der Waals surface area contributed by atoms with Gasteiger partial charge in [-0.2, -0.15) is 0 Å². The number of unbranched alkanes of at least 4 members (excludes halogenated alkanes) is 4. The number of ether oxygens (including phenoxy) is 4. The van der Waals surface area contributed by atoms with Crippen molar-refractivity contribution in [3.05, 3.63) is 12.2 Å². The van der Waals surface area contributed by atoms with Gasteiger partial charge in [0.05, 0.1) is 25.9 Å². The standard InChI is InChI=1S/C23H42O4/c1-5-8-10-14-21-15-19-24-22(27-21,16-11-9-6-2)23(20(4)13-7-3)25-17-12-18-26-23/h7,13,20-21H,5-6,8-12,14-19H2,1-4H3/b13-7-. The first kappa shape index (κ1) is 22.9. The zero-order valence-corrected chi connectivity index (χ0v) is 18.1. The molecule has 0 saturated carbocycles. The second kappa shape index (κ2) is 11.5. The van der Waals surface area contributed by atoms with E-state index in [0.29, 0.717) is 13.2 Å². The summed E-state index contributed by atoms with van der Waals surface area (Å²) in [5.41, 5.74) is 0. The van der Waals surface area contributed by atoms with Gasteiger partial charge in [-0.05, 0) is 32.6 Å². The van der Waals surface area contributed by atoms with Gasteiger partial charge in [-0.15, -0.1) is 0 Å². The van der Waals surface area contributed by atoms with Gasteiger partial charge in [0.15, 0.2) is 0 Å². The Morgan fingerprint density at radius 3 is 2.33 bits per heavy atom. The summed E-state index contributed by atoms with van der Waals surface area (Å²) in [5.74, 6) is -1.59. The van der Waals surface area contributed by atoms with Crippen molar-refractivity contribution in [3.8, 4) is 0 Å². The summed E-state index contributed by atoms with van der Waals surface area (Å²) in [5, 5.41) is 0. The van der Waals surface area contributed by atoms with Crippen molar-refractivity contribution in [3.63, 3.8) is 0 Å². The number of rotatable bonds is 11. The van der Waals surface area contributed by atoms with Gasteiger partial charge in [-0.3, -0.25) is 0 Å². The van der Waals surface area contributed by atoms with Crippen LogP contribution in [0, 0.1) is 5.92 Å². The van der Waals surface area contributed by atoms with Crippen molar-refractivity contribution in [2.24, 2.45) is 5.92 Å². The maximum absolute atomic E-state index is 6.77. The van der Waals surface area contributed by atoms with Crippen LogP contribution < -0.4 is 0 Å². The van der Waals surface area contributed by atoms with Crippen LogP contribution in [0.5, 0.6) is 0 Å². The van der Waals surface area contributed by atoms with Crippen molar-refractivity contribution in [2.75, 3.05) is 19.8 Å². The van der Waals surface area contributed by atoms with E-state index in [1.807, 2.05) is 6.92 Å². The molecule has 0 amide bonds. The van der Waals surface area contributed by atoms with Gasteiger partial charge in [0.2, 0.25) is 11.6 Å². The van der Waals surface area contributed by atoms with Crippen LogP contribution in [0.4, 0.5) is 0 Å². The molecule has 0 spiro atoms. The molecule has 0 radical (unpaired) electrons. The second-order valence-corrected chi connectivity index (χ2v) is 8.12. The number of hydrogen-bond acceptors (Lipinski definition) is 4. The largest absolute Gasteiger partial charge is 0.345 e. The molecule has 2 fully saturated rings. The molecule has 0 aromatic carbocycles. The molecule has 2 aliphatic heterocycles. The zero-order chi connectivity index (χ0) is 19.6. The van der Waals surface area contributed by atoms with E-state index >= 15 is 0 Å². The molecule has 2 heterocycles. The highest BCUT2D eigenvalue weighted by Gasteiger charge is 2.61. The summed E-state index contributed by atoms with van der Waals surface area (Å²) < 4.78 is 26.0. The maximum Gasteiger partial charge on any atom is 0.229 e. The Labute approximate surface area is 167 Å². The van der Waals surface area contributed by atoms with E-state index in [1.54, 1.807) is 0 Å². The Morgan fingerprint density at radius 2 is 1.67 bits per heavy atom. The minimum Gasteiger partial charge on any atom is -0.345 e. The quantitative estimate of drug-likeness (QED) is 0.325. The first-order valence-corrected chi connectivity index (χ1v) is 11.4. The molecule has 0 aromatic heterocycles. The van der Waals surface area contributed by atoms with Gasteiger partial charge in [0.25, 0.3) is 0 Å². The molecule has 2 aliphatic rings. The average molecular weight is 383 g/mol. The van der Waals surface area contributed by atoms with Crippen LogP contribution in [0.25, 0.3) is 0 Å². The Bertz CT molecular complexity index is 430. The molecule has 0 bridgehead atoms. The monoisotopic (exact) mass is 382 g/mol. The highest BCUT2D eigenvalue weighted by Crippen LogP contribution is 2.47. The maximum atomic E-state index is 6.77. The predicted molar refractivity (Wildman–Crippen MR) is 110 cm³/mol. The highest BCUT2D eigenvalue weighted by atomic mass is 16.8. The fourth-order valence-corrected chi connectivity index (χ4v) is 4.43. The van der Waals surface area contributed by atoms with Crippen molar-refractivity contribution in [2.45, 2.75) is 110 Å². The Balaban J connectivity index is 2.28. The summed E-state index contributed by atoms with van der Waals surface area (Å²) in [6, 6.07) is 0. The second-order valence-electron chi connectivity index (χ2n) is 8.12. The molecular weight excluding hydrogens is 340 g/mol. The molecule has 2 saturated heterocycles. The molecule has 0 aliphatic carbocycles. The van der Waals surface area contributed by atoms with Crippen molar-refractivity contribution >= 4 is 0 Å². The van der Waals surface area contributed by atoms with Crippen molar-refractivity contribution in [1.82, 2.24) is 0 Å². The van der Waals surface area contributed by atoms with Gasteiger partial charge in [0.1, 0.15) is 0 Å². The van der Waals surface area contributed by atoms with Gasteiger partial charge >= 0.3 is 0 Å². The highest BCUT2D eigenvalue weighted by molar-refractivity contribution is 5.03. The minimum absolute atomic E-state index is 0.0684. The van der Waals surface area contributed by atoms with Crippen LogP contribution in [0.2, 0.25) is 0 Å². The summed E-state index contributed by atoms with van der Waals surface area (Å²) in [7, 11) is 0. The van der Waals surface area contributed by atoms with Gasteiger partial charge < -0.3 is 18.9 Å². The molecule has 2 rings (SSSR count). The molecule has 0 N–H and O–H groups in total. The molecule has 3 atom stereocenters. The zero-order valence-electron chi connectivity index (χ0n) is 18.1. The van der Waals surface area contributed by atoms with E-state index in [0.717, 1.165) is 38.7 Å². The van der Waals surface area contributed by atoms with Crippen molar-refractivity contribution in [1.29, 1.82) is 0 Å².